The maximum atomic E-state index is 10.7. The fourth-order valence-corrected chi connectivity index (χ4v) is 2.64. The molecule has 3 atom stereocenters. The van der Waals surface area contributed by atoms with E-state index < -0.39 is 0 Å². The molecule has 0 saturated heterocycles. The van der Waals surface area contributed by atoms with E-state index in [0.717, 1.165) is 12.3 Å². The molecular formula is C10H16O2. The van der Waals surface area contributed by atoms with Gasteiger partial charge in [0.1, 0.15) is 6.10 Å². The van der Waals surface area contributed by atoms with Gasteiger partial charge < -0.3 is 4.74 Å². The Kier molecular flexibility index (Phi) is 2.07. The Morgan fingerprint density at radius 3 is 2.75 bits per heavy atom. The van der Waals surface area contributed by atoms with Gasteiger partial charge in [-0.15, -0.1) is 0 Å². The van der Waals surface area contributed by atoms with Gasteiger partial charge in [-0.2, -0.15) is 0 Å². The number of ether oxygens (including phenoxy) is 1. The van der Waals surface area contributed by atoms with Crippen molar-refractivity contribution in [1.29, 1.82) is 0 Å². The second kappa shape index (κ2) is 3.08. The summed E-state index contributed by atoms with van der Waals surface area (Å²) in [5.74, 6) is 1.48. The second-order valence-corrected chi connectivity index (χ2v) is 4.09. The van der Waals surface area contributed by atoms with Crippen LogP contribution in [0.2, 0.25) is 0 Å². The zero-order chi connectivity index (χ0) is 8.55. The fourth-order valence-electron chi connectivity index (χ4n) is 2.64. The number of carbonyl (C=O) groups excluding carboxylic acids is 1. The molecule has 2 aliphatic rings. The average molecular weight is 168 g/mol. The smallest absolute Gasteiger partial charge is 0.302 e. The molecular weight excluding hydrogens is 152 g/mol. The van der Waals surface area contributed by atoms with E-state index >= 15 is 0 Å². The zero-order valence-corrected chi connectivity index (χ0v) is 7.58. The van der Waals surface area contributed by atoms with Gasteiger partial charge in [-0.3, -0.25) is 4.79 Å². The summed E-state index contributed by atoms with van der Waals surface area (Å²) in [6.07, 6.45) is 6.76. The predicted octanol–water partition coefficient (Wildman–Crippen LogP) is 2.13. The van der Waals surface area contributed by atoms with E-state index in [1.807, 2.05) is 0 Å². The van der Waals surface area contributed by atoms with E-state index in [1.165, 1.54) is 32.6 Å². The Balaban J connectivity index is 1.84. The third-order valence-corrected chi connectivity index (χ3v) is 3.30. The first kappa shape index (κ1) is 8.09. The van der Waals surface area contributed by atoms with Crippen LogP contribution in [0.1, 0.15) is 39.0 Å². The van der Waals surface area contributed by atoms with Gasteiger partial charge in [-0.25, -0.2) is 0 Å². The highest BCUT2D eigenvalue weighted by molar-refractivity contribution is 5.66. The highest BCUT2D eigenvalue weighted by Gasteiger charge is 2.43. The molecule has 2 rings (SSSR count). The van der Waals surface area contributed by atoms with Crippen molar-refractivity contribution in [3.05, 3.63) is 0 Å². The SMILES string of the molecule is CC(=O)O[C@@H]1C[C@H]2CCCC[C@@H]21. The molecule has 68 valence electrons. The summed E-state index contributed by atoms with van der Waals surface area (Å²) >= 11 is 0. The van der Waals surface area contributed by atoms with Crippen LogP contribution in [0.25, 0.3) is 0 Å². The number of hydrogen-bond donors (Lipinski definition) is 0. The molecule has 0 aromatic rings. The van der Waals surface area contributed by atoms with Crippen LogP contribution in [0, 0.1) is 11.8 Å². The molecule has 0 radical (unpaired) electrons. The number of rotatable bonds is 1. The minimum Gasteiger partial charge on any atom is -0.462 e. The van der Waals surface area contributed by atoms with Gasteiger partial charge >= 0.3 is 5.97 Å². The highest BCUT2D eigenvalue weighted by atomic mass is 16.5. The van der Waals surface area contributed by atoms with Gasteiger partial charge in [0.25, 0.3) is 0 Å². The molecule has 2 nitrogen and oxygen atoms in total. The Morgan fingerprint density at radius 1 is 1.33 bits per heavy atom. The van der Waals surface area contributed by atoms with Crippen molar-refractivity contribution in [3.8, 4) is 0 Å². The Hall–Kier alpha value is -0.530. The summed E-state index contributed by atoms with van der Waals surface area (Å²) in [4.78, 5) is 10.7. The largest absolute Gasteiger partial charge is 0.462 e. The minimum atomic E-state index is -0.107. The van der Waals surface area contributed by atoms with Crippen LogP contribution in [0.3, 0.4) is 0 Å². The molecule has 0 unspecified atom stereocenters. The summed E-state index contributed by atoms with van der Waals surface area (Å²) in [5.41, 5.74) is 0. The van der Waals surface area contributed by atoms with E-state index in [4.69, 9.17) is 4.74 Å². The van der Waals surface area contributed by atoms with Gasteiger partial charge in [0.15, 0.2) is 0 Å². The molecule has 0 amide bonds. The first-order chi connectivity index (χ1) is 5.77. The predicted molar refractivity (Wildman–Crippen MR) is 45.6 cm³/mol. The summed E-state index contributed by atoms with van der Waals surface area (Å²) in [5, 5.41) is 0. The maximum absolute atomic E-state index is 10.7. The molecule has 0 aliphatic heterocycles. The first-order valence-corrected chi connectivity index (χ1v) is 4.94. The molecule has 0 bridgehead atoms. The lowest BCUT2D eigenvalue weighted by Gasteiger charge is -2.46. The molecule has 0 heterocycles. The fraction of sp³-hybridized carbons (Fsp3) is 0.900. The molecule has 2 fully saturated rings. The van der Waals surface area contributed by atoms with Crippen molar-refractivity contribution in [2.45, 2.75) is 45.1 Å². The van der Waals surface area contributed by atoms with Gasteiger partial charge in [0.2, 0.25) is 0 Å². The van der Waals surface area contributed by atoms with E-state index in [1.54, 1.807) is 0 Å². The minimum absolute atomic E-state index is 0.107. The summed E-state index contributed by atoms with van der Waals surface area (Å²) in [6.45, 7) is 1.51. The Bertz CT molecular complexity index is 188. The second-order valence-electron chi connectivity index (χ2n) is 4.09. The lowest BCUT2D eigenvalue weighted by molar-refractivity contribution is -0.163. The van der Waals surface area contributed by atoms with Gasteiger partial charge in [0.05, 0.1) is 0 Å². The average Bonchev–Trinajstić information content (AvgIpc) is 2.00. The number of hydrogen-bond acceptors (Lipinski definition) is 2. The standard InChI is InChI=1S/C10H16O2/c1-7(11)12-10-6-8-4-2-3-5-9(8)10/h8-10H,2-6H2,1H3/t8-,9+,10-/m1/s1. The van der Waals surface area contributed by atoms with Gasteiger partial charge in [-0.1, -0.05) is 12.8 Å². The summed E-state index contributed by atoms with van der Waals surface area (Å²) in [6, 6.07) is 0. The van der Waals surface area contributed by atoms with Crippen LogP contribution in [0.5, 0.6) is 0 Å². The number of carbonyl (C=O) groups is 1. The van der Waals surface area contributed by atoms with Crippen LogP contribution in [0.4, 0.5) is 0 Å². The van der Waals surface area contributed by atoms with Crippen LogP contribution >= 0.6 is 0 Å². The Labute approximate surface area is 73.3 Å². The zero-order valence-electron chi connectivity index (χ0n) is 7.58. The van der Waals surface area contributed by atoms with E-state index in [0.29, 0.717) is 5.92 Å². The van der Waals surface area contributed by atoms with Crippen LogP contribution in [-0.4, -0.2) is 12.1 Å². The number of esters is 1. The van der Waals surface area contributed by atoms with Gasteiger partial charge in [-0.05, 0) is 31.1 Å². The quantitative estimate of drug-likeness (QED) is 0.561. The number of fused-ring (bicyclic) bond motifs is 1. The van der Waals surface area contributed by atoms with Crippen LogP contribution in [0.15, 0.2) is 0 Å². The van der Waals surface area contributed by atoms with Crippen molar-refractivity contribution < 1.29 is 9.53 Å². The molecule has 0 aromatic carbocycles. The Morgan fingerprint density at radius 2 is 2.08 bits per heavy atom. The third-order valence-electron chi connectivity index (χ3n) is 3.30. The molecule has 12 heavy (non-hydrogen) atoms. The molecule has 0 aromatic heterocycles. The van der Waals surface area contributed by atoms with Crippen molar-refractivity contribution in [2.75, 3.05) is 0 Å². The first-order valence-electron chi connectivity index (χ1n) is 4.94. The van der Waals surface area contributed by atoms with E-state index in [-0.39, 0.29) is 12.1 Å². The molecule has 0 spiro atoms. The van der Waals surface area contributed by atoms with Crippen molar-refractivity contribution in [3.63, 3.8) is 0 Å². The van der Waals surface area contributed by atoms with Crippen LogP contribution in [-0.2, 0) is 9.53 Å². The topological polar surface area (TPSA) is 26.3 Å². The third kappa shape index (κ3) is 1.35. The lowest BCUT2D eigenvalue weighted by Crippen LogP contribution is -2.45. The van der Waals surface area contributed by atoms with E-state index in [2.05, 4.69) is 0 Å². The van der Waals surface area contributed by atoms with Gasteiger partial charge in [0, 0.05) is 6.92 Å². The lowest BCUT2D eigenvalue weighted by atomic mass is 9.63. The van der Waals surface area contributed by atoms with Crippen molar-refractivity contribution in [1.82, 2.24) is 0 Å². The van der Waals surface area contributed by atoms with Crippen molar-refractivity contribution in [2.24, 2.45) is 11.8 Å². The molecule has 2 aliphatic carbocycles. The normalized spacial score (nSPS) is 39.6. The summed E-state index contributed by atoms with van der Waals surface area (Å²) < 4.78 is 5.22. The van der Waals surface area contributed by atoms with Crippen LogP contribution < -0.4 is 0 Å². The molecule has 2 saturated carbocycles. The molecule has 2 heteroatoms. The monoisotopic (exact) mass is 168 g/mol. The highest BCUT2D eigenvalue weighted by Crippen LogP contribution is 2.46. The van der Waals surface area contributed by atoms with Crippen molar-refractivity contribution >= 4 is 5.97 Å². The molecule has 0 N–H and O–H groups in total. The maximum Gasteiger partial charge on any atom is 0.302 e. The summed E-state index contributed by atoms with van der Waals surface area (Å²) in [7, 11) is 0. The van der Waals surface area contributed by atoms with E-state index in [9.17, 15) is 4.79 Å².